The number of halogens is 1. The predicted molar refractivity (Wildman–Crippen MR) is 83.3 cm³/mol. The van der Waals surface area contributed by atoms with E-state index in [0.29, 0.717) is 0 Å². The first kappa shape index (κ1) is 17.0. The summed E-state index contributed by atoms with van der Waals surface area (Å²) in [6, 6.07) is 1.42. The molecule has 0 atom stereocenters. The molecule has 0 aliphatic heterocycles. The fraction of sp³-hybridized carbons (Fsp3) is 0.714. The second-order valence-corrected chi connectivity index (χ2v) is 8.30. The Morgan fingerprint density at radius 2 is 2.00 bits per heavy atom. The molecule has 0 spiro atoms. The van der Waals surface area contributed by atoms with E-state index in [1.165, 1.54) is 10.4 Å². The SMILES string of the molecule is CCC1CCC(N(C)S(=O)(=O)c2cc(CO)oc2Br)CC1. The van der Waals surface area contributed by atoms with E-state index < -0.39 is 10.0 Å². The van der Waals surface area contributed by atoms with Gasteiger partial charge in [0.2, 0.25) is 10.0 Å². The first-order valence-electron chi connectivity index (χ1n) is 7.27. The molecule has 120 valence electrons. The molecule has 21 heavy (non-hydrogen) atoms. The third-order valence-electron chi connectivity index (χ3n) is 4.43. The molecule has 0 radical (unpaired) electrons. The minimum atomic E-state index is -3.60. The van der Waals surface area contributed by atoms with Gasteiger partial charge in [-0.05, 0) is 47.5 Å². The van der Waals surface area contributed by atoms with Crippen molar-refractivity contribution >= 4 is 26.0 Å². The highest BCUT2D eigenvalue weighted by Crippen LogP contribution is 2.34. The Hall–Kier alpha value is -0.370. The zero-order chi connectivity index (χ0) is 15.6. The van der Waals surface area contributed by atoms with Crippen LogP contribution < -0.4 is 0 Å². The monoisotopic (exact) mass is 379 g/mol. The van der Waals surface area contributed by atoms with Gasteiger partial charge in [-0.3, -0.25) is 0 Å². The van der Waals surface area contributed by atoms with Crippen LogP contribution in [0.5, 0.6) is 0 Å². The Labute approximate surface area is 134 Å². The third-order valence-corrected chi connectivity index (χ3v) is 7.19. The highest BCUT2D eigenvalue weighted by molar-refractivity contribution is 9.10. The first-order valence-corrected chi connectivity index (χ1v) is 9.50. The number of sulfonamides is 1. The van der Waals surface area contributed by atoms with E-state index >= 15 is 0 Å². The molecule has 1 aromatic heterocycles. The van der Waals surface area contributed by atoms with Gasteiger partial charge in [0.05, 0.1) is 0 Å². The van der Waals surface area contributed by atoms with Crippen LogP contribution in [-0.2, 0) is 16.6 Å². The van der Waals surface area contributed by atoms with Gasteiger partial charge in [-0.1, -0.05) is 13.3 Å². The second kappa shape index (κ2) is 6.81. The summed E-state index contributed by atoms with van der Waals surface area (Å²) in [7, 11) is -1.97. The van der Waals surface area contributed by atoms with Gasteiger partial charge in [-0.25, -0.2) is 8.42 Å². The molecule has 1 N–H and O–H groups in total. The van der Waals surface area contributed by atoms with Crippen LogP contribution in [0.4, 0.5) is 0 Å². The summed E-state index contributed by atoms with van der Waals surface area (Å²) in [6.07, 6.45) is 5.12. The number of furan rings is 1. The van der Waals surface area contributed by atoms with Crippen molar-refractivity contribution in [3.63, 3.8) is 0 Å². The van der Waals surface area contributed by atoms with Crippen LogP contribution in [-0.4, -0.2) is 30.9 Å². The van der Waals surface area contributed by atoms with Crippen molar-refractivity contribution in [2.75, 3.05) is 7.05 Å². The van der Waals surface area contributed by atoms with Crippen LogP contribution in [0.3, 0.4) is 0 Å². The van der Waals surface area contributed by atoms with Crippen LogP contribution in [0.15, 0.2) is 20.0 Å². The van der Waals surface area contributed by atoms with Crippen molar-refractivity contribution < 1.29 is 17.9 Å². The molecule has 1 aromatic rings. The number of aliphatic hydroxyl groups is 1. The summed E-state index contributed by atoms with van der Waals surface area (Å²) < 4.78 is 32.2. The third kappa shape index (κ3) is 3.52. The van der Waals surface area contributed by atoms with Crippen molar-refractivity contribution in [3.05, 3.63) is 16.5 Å². The molecule has 0 saturated heterocycles. The Morgan fingerprint density at radius 3 is 2.48 bits per heavy atom. The van der Waals surface area contributed by atoms with Gasteiger partial charge in [-0.15, -0.1) is 0 Å². The number of aliphatic hydroxyl groups excluding tert-OH is 1. The summed E-state index contributed by atoms with van der Waals surface area (Å²) >= 11 is 3.12. The Morgan fingerprint density at radius 1 is 1.38 bits per heavy atom. The number of rotatable bonds is 5. The van der Waals surface area contributed by atoms with E-state index in [1.807, 2.05) is 0 Å². The summed E-state index contributed by atoms with van der Waals surface area (Å²) in [5.41, 5.74) is 0. The van der Waals surface area contributed by atoms with Gasteiger partial charge in [0.25, 0.3) is 0 Å². The van der Waals surface area contributed by atoms with E-state index in [2.05, 4.69) is 22.9 Å². The first-order chi connectivity index (χ1) is 9.90. The van der Waals surface area contributed by atoms with Gasteiger partial charge in [0.15, 0.2) is 4.67 Å². The average Bonchev–Trinajstić information content (AvgIpc) is 2.88. The Balaban J connectivity index is 2.17. The predicted octanol–water partition coefficient (Wildman–Crippen LogP) is 3.12. The summed E-state index contributed by atoms with van der Waals surface area (Å²) in [5, 5.41) is 9.06. The maximum atomic E-state index is 12.7. The van der Waals surface area contributed by atoms with Crippen LogP contribution in [0, 0.1) is 5.92 Å². The van der Waals surface area contributed by atoms with Gasteiger partial charge in [-0.2, -0.15) is 4.31 Å². The van der Waals surface area contributed by atoms with Crippen LogP contribution in [0.1, 0.15) is 44.8 Å². The van der Waals surface area contributed by atoms with Gasteiger partial charge in [0.1, 0.15) is 17.3 Å². The molecule has 0 amide bonds. The largest absolute Gasteiger partial charge is 0.450 e. The van der Waals surface area contributed by atoms with Gasteiger partial charge in [0, 0.05) is 19.2 Å². The van der Waals surface area contributed by atoms with Crippen LogP contribution in [0.2, 0.25) is 0 Å². The minimum absolute atomic E-state index is 0.0391. The van der Waals surface area contributed by atoms with Gasteiger partial charge >= 0.3 is 0 Å². The van der Waals surface area contributed by atoms with Crippen LogP contribution >= 0.6 is 15.9 Å². The number of hydrogen-bond donors (Lipinski definition) is 1. The normalized spacial score (nSPS) is 23.7. The molecule has 0 aromatic carbocycles. The van der Waals surface area contributed by atoms with Crippen molar-refractivity contribution in [3.8, 4) is 0 Å². The van der Waals surface area contributed by atoms with Crippen molar-refractivity contribution in [1.29, 1.82) is 0 Å². The molecule has 1 heterocycles. The standard InChI is InChI=1S/C14H22BrNO4S/c1-3-10-4-6-11(7-5-10)16(2)21(18,19)13-8-12(9-17)20-14(13)15/h8,10-11,17H,3-7,9H2,1-2H3. The average molecular weight is 380 g/mol. The zero-order valence-corrected chi connectivity index (χ0v) is 14.8. The highest BCUT2D eigenvalue weighted by Gasteiger charge is 2.33. The fourth-order valence-electron chi connectivity index (χ4n) is 2.92. The van der Waals surface area contributed by atoms with Crippen molar-refractivity contribution in [2.24, 2.45) is 5.92 Å². The maximum Gasteiger partial charge on any atom is 0.247 e. The highest BCUT2D eigenvalue weighted by atomic mass is 79.9. The summed E-state index contributed by atoms with van der Waals surface area (Å²) in [6.45, 7) is 1.86. The summed E-state index contributed by atoms with van der Waals surface area (Å²) in [5.74, 6) is 0.961. The molecule has 1 fully saturated rings. The zero-order valence-electron chi connectivity index (χ0n) is 12.4. The molecular weight excluding hydrogens is 358 g/mol. The lowest BCUT2D eigenvalue weighted by Gasteiger charge is -2.33. The molecule has 1 aliphatic carbocycles. The van der Waals surface area contributed by atoms with E-state index in [4.69, 9.17) is 9.52 Å². The fourth-order valence-corrected chi connectivity index (χ4v) is 5.29. The molecule has 0 unspecified atom stereocenters. The molecule has 2 rings (SSSR count). The van der Waals surface area contributed by atoms with Crippen molar-refractivity contribution in [1.82, 2.24) is 4.31 Å². The van der Waals surface area contributed by atoms with E-state index in [9.17, 15) is 8.42 Å². The quantitative estimate of drug-likeness (QED) is 0.852. The second-order valence-electron chi connectivity index (χ2n) is 5.61. The minimum Gasteiger partial charge on any atom is -0.450 e. The van der Waals surface area contributed by atoms with E-state index in [0.717, 1.165) is 38.0 Å². The Bertz CT molecular complexity index is 576. The Kier molecular flexibility index (Phi) is 5.51. The number of hydrogen-bond acceptors (Lipinski definition) is 4. The smallest absolute Gasteiger partial charge is 0.247 e. The maximum absolute atomic E-state index is 12.7. The molecule has 5 nitrogen and oxygen atoms in total. The molecule has 7 heteroatoms. The molecule has 1 saturated carbocycles. The lowest BCUT2D eigenvalue weighted by atomic mass is 9.85. The molecule has 1 aliphatic rings. The van der Waals surface area contributed by atoms with Crippen LogP contribution in [0.25, 0.3) is 0 Å². The van der Waals surface area contributed by atoms with Gasteiger partial charge < -0.3 is 9.52 Å². The van der Waals surface area contributed by atoms with E-state index in [1.54, 1.807) is 7.05 Å². The molecule has 0 bridgehead atoms. The lowest BCUT2D eigenvalue weighted by Crippen LogP contribution is -2.39. The topological polar surface area (TPSA) is 70.8 Å². The lowest BCUT2D eigenvalue weighted by molar-refractivity contribution is 0.232. The summed E-state index contributed by atoms with van der Waals surface area (Å²) in [4.78, 5) is 0.0895. The van der Waals surface area contributed by atoms with E-state index in [-0.39, 0.29) is 28.0 Å². The molecular formula is C14H22BrNO4S. The van der Waals surface area contributed by atoms with Crippen molar-refractivity contribution in [2.45, 2.75) is 56.6 Å². The number of nitrogens with zero attached hydrogens (tertiary/aromatic N) is 1.